The Morgan fingerprint density at radius 1 is 1.26 bits per heavy atom. The second kappa shape index (κ2) is 7.12. The van der Waals surface area contributed by atoms with Gasteiger partial charge in [0.05, 0.1) is 17.0 Å². The lowest BCUT2D eigenvalue weighted by atomic mass is 10.1. The first-order valence-electron chi connectivity index (χ1n) is 7.79. The molecule has 0 aliphatic heterocycles. The molecule has 3 aromatic rings. The van der Waals surface area contributed by atoms with Crippen LogP contribution in [0.2, 0.25) is 0 Å². The Kier molecular flexibility index (Phi) is 5.03. The van der Waals surface area contributed by atoms with Crippen molar-refractivity contribution in [3.8, 4) is 16.4 Å². The van der Waals surface area contributed by atoms with Gasteiger partial charge in [0.15, 0.2) is 5.69 Å². The third-order valence-corrected chi connectivity index (χ3v) is 4.83. The van der Waals surface area contributed by atoms with Crippen molar-refractivity contribution in [2.75, 3.05) is 6.61 Å². The Bertz CT molecular complexity index is 978. The maximum atomic E-state index is 12.8. The van der Waals surface area contributed by atoms with Crippen LogP contribution in [0.15, 0.2) is 30.3 Å². The molecule has 0 spiro atoms. The average Bonchev–Trinajstić information content (AvgIpc) is 3.18. The fraction of sp³-hybridized carbons (Fsp3) is 0.235. The zero-order valence-electron chi connectivity index (χ0n) is 14.0. The number of hydrogen-bond donors (Lipinski definition) is 2. The third-order valence-electron chi connectivity index (χ3n) is 3.74. The van der Waals surface area contributed by atoms with Gasteiger partial charge in [-0.1, -0.05) is 23.5 Å². The third kappa shape index (κ3) is 3.86. The molecular weight excluding hydrogens is 383 g/mol. The molecule has 2 aromatic heterocycles. The lowest BCUT2D eigenvalue weighted by Crippen LogP contribution is -2.07. The van der Waals surface area contributed by atoms with Crippen molar-refractivity contribution in [1.29, 1.82) is 0 Å². The molecule has 6 nitrogen and oxygen atoms in total. The van der Waals surface area contributed by atoms with Gasteiger partial charge in [-0.05, 0) is 25.1 Å². The molecule has 0 saturated carbocycles. The number of carboxylic acid groups (broad SMARTS) is 1. The molecule has 2 heterocycles. The maximum absolute atomic E-state index is 12.8. The second-order valence-electron chi connectivity index (χ2n) is 5.70. The average molecular weight is 397 g/mol. The van der Waals surface area contributed by atoms with Crippen molar-refractivity contribution in [3.63, 3.8) is 0 Å². The molecule has 0 aliphatic carbocycles. The number of alkyl halides is 3. The summed E-state index contributed by atoms with van der Waals surface area (Å²) in [6.45, 7) is 1.46. The van der Waals surface area contributed by atoms with Gasteiger partial charge >= 0.3 is 12.1 Å². The maximum Gasteiger partial charge on any atom is 0.416 e. The Labute approximate surface area is 155 Å². The normalized spacial score (nSPS) is 11.7. The molecule has 0 radical (unpaired) electrons. The van der Waals surface area contributed by atoms with Gasteiger partial charge in [0.25, 0.3) is 0 Å². The lowest BCUT2D eigenvalue weighted by Gasteiger charge is -2.07. The molecule has 0 fully saturated rings. The van der Waals surface area contributed by atoms with Crippen LogP contribution in [-0.2, 0) is 12.6 Å². The summed E-state index contributed by atoms with van der Waals surface area (Å²) in [5.41, 5.74) is 0.469. The molecule has 142 valence electrons. The van der Waals surface area contributed by atoms with Crippen LogP contribution >= 0.6 is 11.3 Å². The summed E-state index contributed by atoms with van der Waals surface area (Å²) in [7, 11) is 0. The van der Waals surface area contributed by atoms with Crippen LogP contribution in [0.4, 0.5) is 13.2 Å². The molecule has 1 aromatic carbocycles. The van der Waals surface area contributed by atoms with Crippen LogP contribution in [0, 0.1) is 6.92 Å². The summed E-state index contributed by atoms with van der Waals surface area (Å²) in [5.74, 6) is -1.18. The van der Waals surface area contributed by atoms with Gasteiger partial charge in [-0.2, -0.15) is 23.0 Å². The van der Waals surface area contributed by atoms with Crippen molar-refractivity contribution in [1.82, 2.24) is 14.8 Å². The second-order valence-corrected chi connectivity index (χ2v) is 6.77. The van der Waals surface area contributed by atoms with Gasteiger partial charge < -0.3 is 10.2 Å². The van der Waals surface area contributed by atoms with E-state index in [1.54, 1.807) is 6.92 Å². The smallest absolute Gasteiger partial charge is 0.416 e. The first-order chi connectivity index (χ1) is 12.7. The fourth-order valence-electron chi connectivity index (χ4n) is 2.54. The van der Waals surface area contributed by atoms with Crippen molar-refractivity contribution in [2.24, 2.45) is 0 Å². The van der Waals surface area contributed by atoms with Crippen LogP contribution in [0.25, 0.3) is 16.4 Å². The minimum absolute atomic E-state index is 0.0734. The van der Waals surface area contributed by atoms with E-state index in [2.05, 4.69) is 10.1 Å². The summed E-state index contributed by atoms with van der Waals surface area (Å²) < 4.78 is 39.4. The Balaban J connectivity index is 2.08. The Morgan fingerprint density at radius 3 is 2.48 bits per heavy atom. The van der Waals surface area contributed by atoms with Gasteiger partial charge in [-0.15, -0.1) is 0 Å². The number of aliphatic hydroxyl groups is 1. The van der Waals surface area contributed by atoms with E-state index in [0.717, 1.165) is 23.5 Å². The zero-order valence-corrected chi connectivity index (χ0v) is 14.8. The van der Waals surface area contributed by atoms with E-state index in [0.29, 0.717) is 21.8 Å². The van der Waals surface area contributed by atoms with Crippen molar-refractivity contribution in [2.45, 2.75) is 19.5 Å². The molecule has 3 rings (SSSR count). The van der Waals surface area contributed by atoms with E-state index in [9.17, 15) is 28.2 Å². The van der Waals surface area contributed by atoms with Crippen molar-refractivity contribution < 1.29 is 28.2 Å². The van der Waals surface area contributed by atoms with Gasteiger partial charge in [-0.25, -0.2) is 9.78 Å². The Morgan fingerprint density at radius 2 is 1.93 bits per heavy atom. The number of halogens is 3. The Hall–Kier alpha value is -2.72. The summed E-state index contributed by atoms with van der Waals surface area (Å²) in [6.07, 6.45) is -4.21. The minimum Gasteiger partial charge on any atom is -0.477 e. The number of benzene rings is 1. The van der Waals surface area contributed by atoms with Gasteiger partial charge in [0, 0.05) is 23.5 Å². The van der Waals surface area contributed by atoms with E-state index >= 15 is 0 Å². The number of aryl methyl sites for hydroxylation is 1. The summed E-state index contributed by atoms with van der Waals surface area (Å²) in [4.78, 5) is 16.4. The highest BCUT2D eigenvalue weighted by Crippen LogP contribution is 2.34. The van der Waals surface area contributed by atoms with Crippen LogP contribution in [0.3, 0.4) is 0 Å². The molecule has 0 amide bonds. The number of carbonyl (C=O) groups is 1. The molecule has 2 N–H and O–H groups in total. The number of thiazole rings is 1. The van der Waals surface area contributed by atoms with Gasteiger partial charge in [0.1, 0.15) is 0 Å². The molecule has 0 atom stereocenters. The molecule has 27 heavy (non-hydrogen) atoms. The summed E-state index contributed by atoms with van der Waals surface area (Å²) in [6, 6.07) is 5.91. The van der Waals surface area contributed by atoms with E-state index in [1.165, 1.54) is 22.9 Å². The molecule has 0 aliphatic rings. The summed E-state index contributed by atoms with van der Waals surface area (Å²) >= 11 is 1.13. The standard InChI is InChI=1S/C17H14F3N3O3S/c1-9-8-12(15(25)26)23(22-9)16-21-14(13(27-16)6-7-24)10-2-4-11(5-3-10)17(18,19)20/h2-5,8,24H,6-7H2,1H3,(H,25,26). The highest BCUT2D eigenvalue weighted by atomic mass is 32.1. The van der Waals surface area contributed by atoms with Crippen LogP contribution < -0.4 is 0 Å². The highest BCUT2D eigenvalue weighted by Gasteiger charge is 2.30. The number of carboxylic acids is 1. The predicted molar refractivity (Wildman–Crippen MR) is 92.2 cm³/mol. The number of rotatable bonds is 5. The number of aromatic carboxylic acids is 1. The first-order valence-corrected chi connectivity index (χ1v) is 8.61. The van der Waals surface area contributed by atoms with E-state index in [-0.39, 0.29) is 23.9 Å². The van der Waals surface area contributed by atoms with Gasteiger partial charge in [-0.3, -0.25) is 0 Å². The first kappa shape index (κ1) is 19.1. The van der Waals surface area contributed by atoms with E-state index in [1.807, 2.05) is 0 Å². The van der Waals surface area contributed by atoms with Crippen LogP contribution in [0.5, 0.6) is 0 Å². The number of nitrogens with zero attached hydrogens (tertiary/aromatic N) is 3. The van der Waals surface area contributed by atoms with E-state index in [4.69, 9.17) is 0 Å². The molecular formula is C17H14F3N3O3S. The SMILES string of the molecule is Cc1cc(C(=O)O)n(-c2nc(-c3ccc(C(F)(F)F)cc3)c(CCO)s2)n1. The number of hydrogen-bond acceptors (Lipinski definition) is 5. The quantitative estimate of drug-likeness (QED) is 0.687. The number of aliphatic hydroxyl groups excluding tert-OH is 1. The molecule has 0 saturated heterocycles. The lowest BCUT2D eigenvalue weighted by molar-refractivity contribution is -0.137. The highest BCUT2D eigenvalue weighted by molar-refractivity contribution is 7.14. The minimum atomic E-state index is -4.44. The topological polar surface area (TPSA) is 88.2 Å². The van der Waals surface area contributed by atoms with E-state index < -0.39 is 17.7 Å². The molecule has 0 bridgehead atoms. The van der Waals surface area contributed by atoms with Crippen LogP contribution in [0.1, 0.15) is 26.6 Å². The predicted octanol–water partition coefficient (Wildman–Crippen LogP) is 3.56. The monoisotopic (exact) mass is 397 g/mol. The van der Waals surface area contributed by atoms with Crippen LogP contribution in [-0.4, -0.2) is 37.6 Å². The van der Waals surface area contributed by atoms with Crippen molar-refractivity contribution in [3.05, 3.63) is 52.2 Å². The molecule has 0 unspecified atom stereocenters. The molecule has 10 heteroatoms. The zero-order chi connectivity index (χ0) is 19.8. The largest absolute Gasteiger partial charge is 0.477 e. The van der Waals surface area contributed by atoms with Crippen molar-refractivity contribution >= 4 is 17.3 Å². The number of aromatic nitrogens is 3. The van der Waals surface area contributed by atoms with Gasteiger partial charge in [0.2, 0.25) is 5.13 Å². The fourth-order valence-corrected chi connectivity index (χ4v) is 3.58. The summed E-state index contributed by atoms with van der Waals surface area (Å²) in [5, 5.41) is 23.0.